The van der Waals surface area contributed by atoms with Gasteiger partial charge in [-0.05, 0) is 21.0 Å². The van der Waals surface area contributed by atoms with E-state index in [2.05, 4.69) is 9.89 Å². The van der Waals surface area contributed by atoms with E-state index in [1.165, 1.54) is 0 Å². The van der Waals surface area contributed by atoms with Crippen molar-refractivity contribution < 1.29 is 0 Å². The maximum absolute atomic E-state index is 5.67. The molecular weight excluding hydrogens is 152 g/mol. The molecule has 0 saturated carbocycles. The SMILES string of the molecule is CCN(C)C(N)=NCCN(C)C. The molecule has 0 bridgehead atoms. The first-order valence-electron chi connectivity index (χ1n) is 4.23. The first kappa shape index (κ1) is 11.2. The summed E-state index contributed by atoms with van der Waals surface area (Å²) in [6.07, 6.45) is 0. The van der Waals surface area contributed by atoms with Crippen LogP contribution < -0.4 is 5.73 Å². The lowest BCUT2D eigenvalue weighted by Crippen LogP contribution is -2.34. The van der Waals surface area contributed by atoms with Gasteiger partial charge in [-0.2, -0.15) is 0 Å². The number of hydrogen-bond acceptors (Lipinski definition) is 2. The minimum absolute atomic E-state index is 0.624. The topological polar surface area (TPSA) is 44.9 Å². The fourth-order valence-electron chi connectivity index (χ4n) is 0.647. The second kappa shape index (κ2) is 5.83. The third-order valence-corrected chi connectivity index (χ3v) is 1.69. The van der Waals surface area contributed by atoms with Crippen LogP contribution >= 0.6 is 0 Å². The number of nitrogens with zero attached hydrogens (tertiary/aromatic N) is 3. The average Bonchev–Trinajstić information content (AvgIpc) is 2.02. The molecule has 0 aromatic rings. The van der Waals surface area contributed by atoms with Gasteiger partial charge in [-0.15, -0.1) is 0 Å². The van der Waals surface area contributed by atoms with E-state index in [1.54, 1.807) is 0 Å². The standard InChI is InChI=1S/C8H20N4/c1-5-12(4)8(9)10-6-7-11(2)3/h5-7H2,1-4H3,(H2,9,10). The lowest BCUT2D eigenvalue weighted by molar-refractivity contribution is 0.418. The Morgan fingerprint density at radius 3 is 2.33 bits per heavy atom. The molecule has 0 aromatic carbocycles. The summed E-state index contributed by atoms with van der Waals surface area (Å²) in [5.74, 6) is 0.624. The van der Waals surface area contributed by atoms with Crippen LogP contribution in [0.5, 0.6) is 0 Å². The molecule has 0 rings (SSSR count). The zero-order valence-electron chi connectivity index (χ0n) is 8.54. The molecule has 4 heteroatoms. The van der Waals surface area contributed by atoms with E-state index in [4.69, 9.17) is 5.73 Å². The summed E-state index contributed by atoms with van der Waals surface area (Å²) in [6, 6.07) is 0. The van der Waals surface area contributed by atoms with Gasteiger partial charge >= 0.3 is 0 Å². The Kier molecular flexibility index (Phi) is 5.45. The van der Waals surface area contributed by atoms with E-state index in [1.807, 2.05) is 33.0 Å². The highest BCUT2D eigenvalue weighted by Crippen LogP contribution is 1.82. The molecule has 0 unspecified atom stereocenters. The van der Waals surface area contributed by atoms with Crippen LogP contribution in [0.25, 0.3) is 0 Å². The Hall–Kier alpha value is -0.770. The molecule has 0 aromatic heterocycles. The predicted octanol–water partition coefficient (Wildman–Crippen LogP) is -0.186. The molecule has 0 saturated heterocycles. The van der Waals surface area contributed by atoms with Crippen molar-refractivity contribution in [2.24, 2.45) is 10.7 Å². The van der Waals surface area contributed by atoms with E-state index >= 15 is 0 Å². The van der Waals surface area contributed by atoms with E-state index in [9.17, 15) is 0 Å². The van der Waals surface area contributed by atoms with Gasteiger partial charge in [0.2, 0.25) is 0 Å². The third-order valence-electron chi connectivity index (χ3n) is 1.69. The number of aliphatic imine (C=N–C) groups is 1. The smallest absolute Gasteiger partial charge is 0.191 e. The summed E-state index contributed by atoms with van der Waals surface area (Å²) in [7, 11) is 5.99. The van der Waals surface area contributed by atoms with Crippen molar-refractivity contribution in [1.29, 1.82) is 0 Å². The summed E-state index contributed by atoms with van der Waals surface area (Å²) in [6.45, 7) is 4.66. The lowest BCUT2D eigenvalue weighted by Gasteiger charge is -2.15. The average molecular weight is 172 g/mol. The van der Waals surface area contributed by atoms with Crippen LogP contribution in [0, 0.1) is 0 Å². The first-order chi connectivity index (χ1) is 5.57. The fourth-order valence-corrected chi connectivity index (χ4v) is 0.647. The normalized spacial score (nSPS) is 12.2. The summed E-state index contributed by atoms with van der Waals surface area (Å²) in [4.78, 5) is 8.23. The molecule has 0 spiro atoms. The molecule has 0 radical (unpaired) electrons. The zero-order chi connectivity index (χ0) is 9.56. The Bertz CT molecular complexity index is 142. The van der Waals surface area contributed by atoms with Crippen LogP contribution in [0.1, 0.15) is 6.92 Å². The number of guanidine groups is 1. The maximum Gasteiger partial charge on any atom is 0.191 e. The molecular formula is C8H20N4. The Morgan fingerprint density at radius 1 is 1.33 bits per heavy atom. The van der Waals surface area contributed by atoms with Gasteiger partial charge in [0.05, 0.1) is 6.54 Å². The van der Waals surface area contributed by atoms with Crippen molar-refractivity contribution in [2.45, 2.75) is 6.92 Å². The predicted molar refractivity (Wildman–Crippen MR) is 53.3 cm³/mol. The number of nitrogens with two attached hydrogens (primary N) is 1. The number of rotatable bonds is 4. The largest absolute Gasteiger partial charge is 0.370 e. The molecule has 12 heavy (non-hydrogen) atoms. The highest BCUT2D eigenvalue weighted by Gasteiger charge is 1.96. The minimum atomic E-state index is 0.624. The lowest BCUT2D eigenvalue weighted by atomic mass is 10.6. The van der Waals surface area contributed by atoms with E-state index in [0.717, 1.165) is 19.6 Å². The molecule has 0 aliphatic heterocycles. The van der Waals surface area contributed by atoms with Gasteiger partial charge in [0.25, 0.3) is 0 Å². The first-order valence-corrected chi connectivity index (χ1v) is 4.23. The second-order valence-corrected chi connectivity index (χ2v) is 3.06. The molecule has 0 amide bonds. The van der Waals surface area contributed by atoms with Gasteiger partial charge in [-0.1, -0.05) is 0 Å². The van der Waals surface area contributed by atoms with E-state index in [-0.39, 0.29) is 0 Å². The Labute approximate surface area is 75.0 Å². The molecule has 0 aliphatic carbocycles. The van der Waals surface area contributed by atoms with Crippen LogP contribution in [0.4, 0.5) is 0 Å². The molecule has 2 N–H and O–H groups in total. The molecule has 0 heterocycles. The summed E-state index contributed by atoms with van der Waals surface area (Å²) >= 11 is 0. The molecule has 4 nitrogen and oxygen atoms in total. The highest BCUT2D eigenvalue weighted by molar-refractivity contribution is 5.77. The van der Waals surface area contributed by atoms with E-state index < -0.39 is 0 Å². The maximum atomic E-state index is 5.67. The van der Waals surface area contributed by atoms with Gasteiger partial charge in [-0.3, -0.25) is 4.99 Å². The molecule has 0 aliphatic rings. The minimum Gasteiger partial charge on any atom is -0.370 e. The van der Waals surface area contributed by atoms with Crippen molar-refractivity contribution >= 4 is 5.96 Å². The van der Waals surface area contributed by atoms with Crippen molar-refractivity contribution in [1.82, 2.24) is 9.80 Å². The van der Waals surface area contributed by atoms with Crippen LogP contribution in [0.15, 0.2) is 4.99 Å². The quantitative estimate of drug-likeness (QED) is 0.472. The molecule has 0 atom stereocenters. The van der Waals surface area contributed by atoms with Crippen molar-refractivity contribution in [3.63, 3.8) is 0 Å². The highest BCUT2D eigenvalue weighted by atomic mass is 15.2. The van der Waals surface area contributed by atoms with Crippen LogP contribution in [0.3, 0.4) is 0 Å². The monoisotopic (exact) mass is 172 g/mol. The number of likely N-dealkylation sites (N-methyl/N-ethyl adjacent to an activating group) is 1. The van der Waals surface area contributed by atoms with Gasteiger partial charge in [-0.25, -0.2) is 0 Å². The Balaban J connectivity index is 3.68. The van der Waals surface area contributed by atoms with E-state index in [0.29, 0.717) is 5.96 Å². The van der Waals surface area contributed by atoms with Gasteiger partial charge in [0.15, 0.2) is 5.96 Å². The van der Waals surface area contributed by atoms with Gasteiger partial charge < -0.3 is 15.5 Å². The second-order valence-electron chi connectivity index (χ2n) is 3.06. The van der Waals surface area contributed by atoms with Crippen LogP contribution in [0.2, 0.25) is 0 Å². The van der Waals surface area contributed by atoms with Crippen LogP contribution in [-0.2, 0) is 0 Å². The summed E-state index contributed by atoms with van der Waals surface area (Å²) in [5, 5.41) is 0. The zero-order valence-corrected chi connectivity index (χ0v) is 8.54. The third kappa shape index (κ3) is 4.96. The van der Waals surface area contributed by atoms with Gasteiger partial charge in [0, 0.05) is 20.1 Å². The molecule has 0 fully saturated rings. The van der Waals surface area contributed by atoms with Gasteiger partial charge in [0.1, 0.15) is 0 Å². The van der Waals surface area contributed by atoms with Crippen molar-refractivity contribution in [2.75, 3.05) is 40.8 Å². The number of hydrogen-bond donors (Lipinski definition) is 1. The summed E-state index contributed by atoms with van der Waals surface area (Å²) in [5.41, 5.74) is 5.67. The van der Waals surface area contributed by atoms with Crippen LogP contribution in [-0.4, -0.2) is 56.5 Å². The summed E-state index contributed by atoms with van der Waals surface area (Å²) < 4.78 is 0. The molecule has 72 valence electrons. The Morgan fingerprint density at radius 2 is 1.92 bits per heavy atom. The van der Waals surface area contributed by atoms with Crippen molar-refractivity contribution in [3.8, 4) is 0 Å². The van der Waals surface area contributed by atoms with Crippen molar-refractivity contribution in [3.05, 3.63) is 0 Å². The fraction of sp³-hybridized carbons (Fsp3) is 0.875.